The first-order chi connectivity index (χ1) is 6.80. The molecule has 0 unspecified atom stereocenters. The van der Waals surface area contributed by atoms with Crippen molar-refractivity contribution in [2.24, 2.45) is 0 Å². The fraction of sp³-hybridized carbons (Fsp3) is 0.778. The van der Waals surface area contributed by atoms with Gasteiger partial charge in [0.15, 0.2) is 0 Å². The minimum atomic E-state index is 0.121. The van der Waals surface area contributed by atoms with Crippen molar-refractivity contribution in [2.45, 2.75) is 29.9 Å². The summed E-state index contributed by atoms with van der Waals surface area (Å²) < 4.78 is 5.59. The van der Waals surface area contributed by atoms with Gasteiger partial charge >= 0.3 is 0 Å². The van der Waals surface area contributed by atoms with Gasteiger partial charge in [-0.3, -0.25) is 0 Å². The first kappa shape index (κ1) is 9.98. The molecule has 78 valence electrons. The van der Waals surface area contributed by atoms with Crippen LogP contribution in [-0.2, 0) is 5.41 Å². The highest BCUT2D eigenvalue weighted by Gasteiger charge is 2.42. The van der Waals surface area contributed by atoms with E-state index in [1.807, 2.05) is 13.3 Å². The first-order valence-electron chi connectivity index (χ1n) is 4.83. The Labute approximate surface area is 87.9 Å². The molecule has 1 aromatic rings. The van der Waals surface area contributed by atoms with Crippen molar-refractivity contribution < 1.29 is 4.42 Å². The zero-order valence-electron chi connectivity index (χ0n) is 8.54. The molecule has 0 amide bonds. The molecule has 0 aromatic carbocycles. The largest absolute Gasteiger partial charge is 0.415 e. The summed E-state index contributed by atoms with van der Waals surface area (Å²) in [6, 6.07) is 0. The zero-order chi connectivity index (χ0) is 10.0. The van der Waals surface area contributed by atoms with Crippen LogP contribution in [0, 0.1) is 0 Å². The topological polar surface area (TPSA) is 51.0 Å². The molecular formula is C9H15N3OS. The summed E-state index contributed by atoms with van der Waals surface area (Å²) in [5, 5.41) is 12.0. The Morgan fingerprint density at radius 3 is 2.71 bits per heavy atom. The van der Waals surface area contributed by atoms with E-state index < -0.39 is 0 Å². The molecule has 1 aliphatic rings. The Morgan fingerprint density at radius 2 is 2.29 bits per heavy atom. The molecule has 0 aliphatic heterocycles. The minimum Gasteiger partial charge on any atom is -0.415 e. The fourth-order valence-electron chi connectivity index (χ4n) is 1.91. The normalized spacial score (nSPS) is 19.3. The van der Waals surface area contributed by atoms with Crippen molar-refractivity contribution in [2.75, 3.05) is 19.8 Å². The van der Waals surface area contributed by atoms with Gasteiger partial charge in [-0.25, -0.2) is 0 Å². The van der Waals surface area contributed by atoms with Gasteiger partial charge < -0.3 is 9.73 Å². The predicted molar refractivity (Wildman–Crippen MR) is 55.5 cm³/mol. The lowest BCUT2D eigenvalue weighted by Gasteiger charge is -2.38. The average molecular weight is 213 g/mol. The van der Waals surface area contributed by atoms with E-state index in [1.54, 1.807) is 0 Å². The maximum atomic E-state index is 5.59. The van der Waals surface area contributed by atoms with Crippen LogP contribution in [0.3, 0.4) is 0 Å². The molecule has 1 aromatic heterocycles. The van der Waals surface area contributed by atoms with Crippen molar-refractivity contribution in [3.63, 3.8) is 0 Å². The third kappa shape index (κ3) is 1.54. The molecule has 0 radical (unpaired) electrons. The molecule has 5 heteroatoms. The molecule has 1 N–H and O–H groups in total. The average Bonchev–Trinajstić information content (AvgIpc) is 2.59. The fourth-order valence-corrected chi connectivity index (χ4v) is 2.20. The summed E-state index contributed by atoms with van der Waals surface area (Å²) in [6.45, 7) is 0.934. The van der Waals surface area contributed by atoms with Gasteiger partial charge in [0.05, 0.1) is 5.41 Å². The second-order valence-electron chi connectivity index (χ2n) is 3.74. The molecule has 0 saturated heterocycles. The van der Waals surface area contributed by atoms with Crippen LogP contribution in [0.25, 0.3) is 0 Å². The Hall–Kier alpha value is -0.550. The number of nitrogens with one attached hydrogen (secondary N) is 1. The van der Waals surface area contributed by atoms with Crippen LogP contribution in [0.1, 0.15) is 25.2 Å². The van der Waals surface area contributed by atoms with E-state index >= 15 is 0 Å². The van der Waals surface area contributed by atoms with Gasteiger partial charge in [-0.2, -0.15) is 0 Å². The standard InChI is InChI=1S/C9H15N3OS/c1-10-6-9(4-3-5-9)7-11-12-8(13-7)14-2/h10H,3-6H2,1-2H3. The third-order valence-corrected chi connectivity index (χ3v) is 3.37. The van der Waals surface area contributed by atoms with Crippen molar-refractivity contribution in [1.29, 1.82) is 0 Å². The van der Waals surface area contributed by atoms with E-state index in [4.69, 9.17) is 4.42 Å². The Bertz CT molecular complexity index is 309. The second kappa shape index (κ2) is 3.90. The second-order valence-corrected chi connectivity index (χ2v) is 4.50. The third-order valence-electron chi connectivity index (χ3n) is 2.86. The molecular weight excluding hydrogens is 198 g/mol. The lowest BCUT2D eigenvalue weighted by Crippen LogP contribution is -2.43. The first-order valence-corrected chi connectivity index (χ1v) is 6.06. The molecule has 0 bridgehead atoms. The highest BCUT2D eigenvalue weighted by Crippen LogP contribution is 2.42. The van der Waals surface area contributed by atoms with Gasteiger partial charge in [0.2, 0.25) is 5.89 Å². The zero-order valence-corrected chi connectivity index (χ0v) is 9.36. The lowest BCUT2D eigenvalue weighted by atomic mass is 9.68. The van der Waals surface area contributed by atoms with Gasteiger partial charge in [-0.05, 0) is 26.1 Å². The van der Waals surface area contributed by atoms with E-state index in [9.17, 15) is 0 Å². The Balaban J connectivity index is 2.18. The monoisotopic (exact) mass is 213 g/mol. The van der Waals surface area contributed by atoms with Crippen molar-refractivity contribution in [3.8, 4) is 0 Å². The highest BCUT2D eigenvalue weighted by atomic mass is 32.2. The SMILES string of the molecule is CNCC1(c2nnc(SC)o2)CCC1. The van der Waals surface area contributed by atoms with Crippen molar-refractivity contribution in [1.82, 2.24) is 15.5 Å². The van der Waals surface area contributed by atoms with Gasteiger partial charge in [-0.1, -0.05) is 18.2 Å². The molecule has 1 heterocycles. The van der Waals surface area contributed by atoms with Gasteiger partial charge in [0.1, 0.15) is 0 Å². The number of likely N-dealkylation sites (N-methyl/N-ethyl adjacent to an activating group) is 1. The van der Waals surface area contributed by atoms with E-state index in [0.29, 0.717) is 5.22 Å². The molecule has 1 aliphatic carbocycles. The van der Waals surface area contributed by atoms with Crippen LogP contribution in [0.2, 0.25) is 0 Å². The maximum absolute atomic E-state index is 5.59. The van der Waals surface area contributed by atoms with Crippen LogP contribution < -0.4 is 5.32 Å². The van der Waals surface area contributed by atoms with Gasteiger partial charge in [-0.15, -0.1) is 10.2 Å². The molecule has 4 nitrogen and oxygen atoms in total. The van der Waals surface area contributed by atoms with Crippen molar-refractivity contribution in [3.05, 3.63) is 5.89 Å². The molecule has 0 spiro atoms. The van der Waals surface area contributed by atoms with Crippen LogP contribution in [0.15, 0.2) is 9.64 Å². The summed E-state index contributed by atoms with van der Waals surface area (Å²) in [5.74, 6) is 0.808. The summed E-state index contributed by atoms with van der Waals surface area (Å²) in [4.78, 5) is 0. The quantitative estimate of drug-likeness (QED) is 0.767. The number of hydrogen-bond acceptors (Lipinski definition) is 5. The van der Waals surface area contributed by atoms with E-state index in [2.05, 4.69) is 15.5 Å². The van der Waals surface area contributed by atoms with Crippen LogP contribution in [0.4, 0.5) is 0 Å². The smallest absolute Gasteiger partial charge is 0.276 e. The summed E-state index contributed by atoms with van der Waals surface area (Å²) in [5.41, 5.74) is 0.121. The Morgan fingerprint density at radius 1 is 1.50 bits per heavy atom. The maximum Gasteiger partial charge on any atom is 0.276 e. The lowest BCUT2D eigenvalue weighted by molar-refractivity contribution is 0.179. The number of nitrogens with zero attached hydrogens (tertiary/aromatic N) is 2. The van der Waals surface area contributed by atoms with E-state index in [0.717, 1.165) is 25.3 Å². The highest BCUT2D eigenvalue weighted by molar-refractivity contribution is 7.98. The van der Waals surface area contributed by atoms with Gasteiger partial charge in [0.25, 0.3) is 5.22 Å². The number of rotatable bonds is 4. The molecule has 1 fully saturated rings. The number of aromatic nitrogens is 2. The molecule has 0 atom stereocenters. The summed E-state index contributed by atoms with van der Waals surface area (Å²) in [7, 11) is 1.96. The summed E-state index contributed by atoms with van der Waals surface area (Å²) in [6.07, 6.45) is 5.52. The van der Waals surface area contributed by atoms with Crippen molar-refractivity contribution >= 4 is 11.8 Å². The van der Waals surface area contributed by atoms with Crippen LogP contribution in [-0.4, -0.2) is 30.0 Å². The molecule has 14 heavy (non-hydrogen) atoms. The number of thioether (sulfide) groups is 1. The number of hydrogen-bond donors (Lipinski definition) is 1. The summed E-state index contributed by atoms with van der Waals surface area (Å²) >= 11 is 1.50. The van der Waals surface area contributed by atoms with Gasteiger partial charge in [0, 0.05) is 6.54 Å². The van der Waals surface area contributed by atoms with E-state index in [1.165, 1.54) is 18.2 Å². The molecule has 2 rings (SSSR count). The van der Waals surface area contributed by atoms with Crippen LogP contribution in [0.5, 0.6) is 0 Å². The minimum absolute atomic E-state index is 0.121. The van der Waals surface area contributed by atoms with Crippen LogP contribution >= 0.6 is 11.8 Å². The molecule has 1 saturated carbocycles. The van der Waals surface area contributed by atoms with E-state index in [-0.39, 0.29) is 5.41 Å². The predicted octanol–water partition coefficient (Wildman–Crippen LogP) is 1.43. The Kier molecular flexibility index (Phi) is 2.78.